The highest BCUT2D eigenvalue weighted by Crippen LogP contribution is 2.20. The number of aromatic nitrogens is 2. The maximum atomic E-state index is 12.2. The molecule has 0 spiro atoms. The highest BCUT2D eigenvalue weighted by Gasteiger charge is 2.18. The molecule has 0 saturated carbocycles. The number of thiazole rings is 1. The van der Waals surface area contributed by atoms with Crippen LogP contribution in [0.2, 0.25) is 0 Å². The maximum Gasteiger partial charge on any atom is 0.323 e. The molecular formula is C14H18N4O2S. The Bertz CT molecular complexity index is 588. The minimum atomic E-state index is -0.204. The highest BCUT2D eigenvalue weighted by atomic mass is 32.1. The summed E-state index contributed by atoms with van der Waals surface area (Å²) in [5.41, 5.74) is 1.79. The standard InChI is InChI=1S/C14H18N4O2S/c1-10(11-5-4-6-15-7-11)18(2)14(19)17-13-16-12(8-20-3)9-21-13/h4-7,9-10H,8H2,1-3H3,(H,16,17,19)/t10-/m0/s1. The van der Waals surface area contributed by atoms with Gasteiger partial charge in [-0.05, 0) is 18.6 Å². The number of nitrogens with one attached hydrogen (secondary N) is 1. The van der Waals surface area contributed by atoms with Crippen molar-refractivity contribution < 1.29 is 9.53 Å². The van der Waals surface area contributed by atoms with Gasteiger partial charge in [0.15, 0.2) is 5.13 Å². The molecule has 0 aromatic carbocycles. The molecule has 0 bridgehead atoms. The van der Waals surface area contributed by atoms with Crippen LogP contribution in [0.5, 0.6) is 0 Å². The van der Waals surface area contributed by atoms with Crippen molar-refractivity contribution in [2.24, 2.45) is 0 Å². The van der Waals surface area contributed by atoms with Crippen LogP contribution >= 0.6 is 11.3 Å². The molecule has 0 aliphatic heterocycles. The van der Waals surface area contributed by atoms with E-state index in [1.54, 1.807) is 31.5 Å². The first kappa shape index (κ1) is 15.4. The smallest absolute Gasteiger partial charge is 0.323 e. The predicted molar refractivity (Wildman–Crippen MR) is 82.3 cm³/mol. The third-order valence-corrected chi connectivity index (χ3v) is 3.93. The molecule has 2 rings (SSSR count). The van der Waals surface area contributed by atoms with E-state index in [1.165, 1.54) is 11.3 Å². The Morgan fingerprint density at radius 2 is 2.38 bits per heavy atom. The summed E-state index contributed by atoms with van der Waals surface area (Å²) in [6, 6.07) is 3.53. The van der Waals surface area contributed by atoms with E-state index in [0.717, 1.165) is 11.3 Å². The molecule has 1 N–H and O–H groups in total. The molecular weight excluding hydrogens is 288 g/mol. The van der Waals surface area contributed by atoms with Gasteiger partial charge >= 0.3 is 6.03 Å². The number of nitrogens with zero attached hydrogens (tertiary/aromatic N) is 3. The SMILES string of the molecule is COCc1csc(NC(=O)N(C)[C@@H](C)c2cccnc2)n1. The summed E-state index contributed by atoms with van der Waals surface area (Å²) in [5.74, 6) is 0. The Morgan fingerprint density at radius 3 is 3.05 bits per heavy atom. The molecule has 0 aliphatic rings. The van der Waals surface area contributed by atoms with Gasteiger partial charge in [0.1, 0.15) is 0 Å². The van der Waals surface area contributed by atoms with E-state index in [2.05, 4.69) is 15.3 Å². The number of hydrogen-bond acceptors (Lipinski definition) is 5. The predicted octanol–water partition coefficient (Wildman–Crippen LogP) is 2.91. The lowest BCUT2D eigenvalue weighted by Gasteiger charge is -2.24. The van der Waals surface area contributed by atoms with E-state index in [0.29, 0.717) is 11.7 Å². The van der Waals surface area contributed by atoms with Crippen molar-refractivity contribution in [3.05, 3.63) is 41.2 Å². The first-order valence-corrected chi connectivity index (χ1v) is 7.37. The molecule has 1 atom stereocenters. The number of urea groups is 1. The zero-order valence-corrected chi connectivity index (χ0v) is 13.1. The Hall–Kier alpha value is -1.99. The molecule has 2 heterocycles. The Labute approximate surface area is 127 Å². The molecule has 112 valence electrons. The van der Waals surface area contributed by atoms with Crippen molar-refractivity contribution in [1.82, 2.24) is 14.9 Å². The van der Waals surface area contributed by atoms with E-state index in [4.69, 9.17) is 4.74 Å². The lowest BCUT2D eigenvalue weighted by Crippen LogP contribution is -2.33. The second kappa shape index (κ2) is 7.14. The molecule has 6 nitrogen and oxygen atoms in total. The van der Waals surface area contributed by atoms with Crippen LogP contribution in [0.4, 0.5) is 9.93 Å². The number of amides is 2. The van der Waals surface area contributed by atoms with Crippen LogP contribution in [-0.4, -0.2) is 35.1 Å². The summed E-state index contributed by atoms with van der Waals surface area (Å²) in [6.45, 7) is 2.39. The molecule has 2 amide bonds. The Morgan fingerprint density at radius 1 is 1.57 bits per heavy atom. The van der Waals surface area contributed by atoms with Crippen molar-refractivity contribution in [3.8, 4) is 0 Å². The summed E-state index contributed by atoms with van der Waals surface area (Å²) < 4.78 is 5.00. The van der Waals surface area contributed by atoms with E-state index < -0.39 is 0 Å². The fourth-order valence-electron chi connectivity index (χ4n) is 1.78. The van der Waals surface area contributed by atoms with Crippen LogP contribution in [0, 0.1) is 0 Å². The van der Waals surface area contributed by atoms with Gasteiger partial charge in [0.2, 0.25) is 0 Å². The number of ether oxygens (including phenoxy) is 1. The molecule has 0 aliphatic carbocycles. The van der Waals surface area contributed by atoms with E-state index >= 15 is 0 Å². The van der Waals surface area contributed by atoms with Gasteiger partial charge in [-0.25, -0.2) is 9.78 Å². The Kier molecular flexibility index (Phi) is 5.24. The molecule has 7 heteroatoms. The van der Waals surface area contributed by atoms with E-state index in [-0.39, 0.29) is 12.1 Å². The molecule has 0 fully saturated rings. The fourth-order valence-corrected chi connectivity index (χ4v) is 2.47. The number of rotatable bonds is 5. The largest absolute Gasteiger partial charge is 0.378 e. The third kappa shape index (κ3) is 3.99. The first-order valence-electron chi connectivity index (χ1n) is 6.49. The van der Waals surface area contributed by atoms with Gasteiger partial charge in [-0.3, -0.25) is 10.3 Å². The lowest BCUT2D eigenvalue weighted by molar-refractivity contribution is 0.182. The van der Waals surface area contributed by atoms with Gasteiger partial charge in [-0.2, -0.15) is 0 Å². The van der Waals surface area contributed by atoms with Crippen LogP contribution < -0.4 is 5.32 Å². The monoisotopic (exact) mass is 306 g/mol. The van der Waals surface area contributed by atoms with Gasteiger partial charge in [0, 0.05) is 31.9 Å². The number of hydrogen-bond donors (Lipinski definition) is 1. The van der Waals surface area contributed by atoms with E-state index in [1.807, 2.05) is 24.4 Å². The minimum absolute atomic E-state index is 0.0721. The van der Waals surface area contributed by atoms with Crippen LogP contribution in [0.25, 0.3) is 0 Å². The molecule has 2 aromatic heterocycles. The van der Waals surface area contributed by atoms with Gasteiger partial charge < -0.3 is 9.64 Å². The number of pyridine rings is 1. The number of carbonyl (C=O) groups excluding carboxylic acids is 1. The number of methoxy groups -OCH3 is 1. The summed E-state index contributed by atoms with van der Waals surface area (Å²) >= 11 is 1.38. The maximum absolute atomic E-state index is 12.2. The quantitative estimate of drug-likeness (QED) is 0.922. The summed E-state index contributed by atoms with van der Waals surface area (Å²) in [5, 5.41) is 5.22. The second-order valence-electron chi connectivity index (χ2n) is 4.58. The van der Waals surface area contributed by atoms with Crippen LogP contribution in [0.3, 0.4) is 0 Å². The van der Waals surface area contributed by atoms with Gasteiger partial charge in [0.25, 0.3) is 0 Å². The summed E-state index contributed by atoms with van der Waals surface area (Å²) in [7, 11) is 3.36. The molecule has 21 heavy (non-hydrogen) atoms. The lowest BCUT2D eigenvalue weighted by atomic mass is 10.1. The van der Waals surface area contributed by atoms with Crippen LogP contribution in [0.15, 0.2) is 29.9 Å². The second-order valence-corrected chi connectivity index (χ2v) is 5.44. The molecule has 2 aromatic rings. The molecule has 0 saturated heterocycles. The normalized spacial score (nSPS) is 12.0. The van der Waals surface area contributed by atoms with Crippen molar-refractivity contribution in [3.63, 3.8) is 0 Å². The summed E-state index contributed by atoms with van der Waals surface area (Å²) in [4.78, 5) is 22.2. The van der Waals surface area contributed by atoms with Crippen LogP contribution in [-0.2, 0) is 11.3 Å². The first-order chi connectivity index (χ1) is 10.1. The van der Waals surface area contributed by atoms with Gasteiger partial charge in [-0.1, -0.05) is 6.07 Å². The van der Waals surface area contributed by atoms with E-state index in [9.17, 15) is 4.79 Å². The minimum Gasteiger partial charge on any atom is -0.378 e. The highest BCUT2D eigenvalue weighted by molar-refractivity contribution is 7.13. The van der Waals surface area contributed by atoms with Crippen molar-refractivity contribution in [2.75, 3.05) is 19.5 Å². The molecule has 0 radical (unpaired) electrons. The Balaban J connectivity index is 1.98. The average molecular weight is 306 g/mol. The number of anilines is 1. The zero-order valence-electron chi connectivity index (χ0n) is 12.2. The number of carbonyl (C=O) groups is 1. The topological polar surface area (TPSA) is 67.3 Å². The summed E-state index contributed by atoms with van der Waals surface area (Å²) in [6.07, 6.45) is 3.47. The zero-order chi connectivity index (χ0) is 15.2. The fraction of sp³-hybridized carbons (Fsp3) is 0.357. The van der Waals surface area contributed by atoms with Crippen molar-refractivity contribution in [2.45, 2.75) is 19.6 Å². The van der Waals surface area contributed by atoms with Crippen molar-refractivity contribution >= 4 is 22.5 Å². The van der Waals surface area contributed by atoms with Gasteiger partial charge in [0.05, 0.1) is 18.3 Å². The third-order valence-electron chi connectivity index (χ3n) is 3.13. The van der Waals surface area contributed by atoms with Crippen LogP contribution in [0.1, 0.15) is 24.2 Å². The van der Waals surface area contributed by atoms with Crippen molar-refractivity contribution in [1.29, 1.82) is 0 Å². The molecule has 0 unspecified atom stereocenters. The van der Waals surface area contributed by atoms with Gasteiger partial charge in [-0.15, -0.1) is 11.3 Å². The average Bonchev–Trinajstić information content (AvgIpc) is 2.94.